The van der Waals surface area contributed by atoms with Gasteiger partial charge in [-0.3, -0.25) is 4.79 Å². The van der Waals surface area contributed by atoms with Crippen LogP contribution in [0.3, 0.4) is 0 Å². The SMILES string of the molecule is O=C(Nc1ccc(F)c(C(F)(F)F)c1)c1snnc1CCl. The molecule has 1 aromatic carbocycles. The summed E-state index contributed by atoms with van der Waals surface area (Å²) in [5.74, 6) is -2.18. The molecule has 0 saturated carbocycles. The minimum Gasteiger partial charge on any atom is -0.321 e. The molecule has 1 amide bonds. The second-order valence-electron chi connectivity index (χ2n) is 3.83. The van der Waals surface area contributed by atoms with E-state index in [0.717, 1.165) is 17.6 Å². The lowest BCUT2D eigenvalue weighted by atomic mass is 10.1. The molecule has 2 aromatic rings. The molecule has 21 heavy (non-hydrogen) atoms. The van der Waals surface area contributed by atoms with Gasteiger partial charge in [0, 0.05) is 5.69 Å². The number of hydrogen-bond acceptors (Lipinski definition) is 4. The Morgan fingerprint density at radius 2 is 2.10 bits per heavy atom. The van der Waals surface area contributed by atoms with Crippen LogP contribution in [0.25, 0.3) is 0 Å². The van der Waals surface area contributed by atoms with E-state index in [2.05, 4.69) is 14.9 Å². The zero-order valence-electron chi connectivity index (χ0n) is 10.0. The first-order chi connectivity index (χ1) is 9.82. The van der Waals surface area contributed by atoms with Crippen LogP contribution in [0.5, 0.6) is 0 Å². The summed E-state index contributed by atoms with van der Waals surface area (Å²) in [6.07, 6.45) is -4.85. The molecule has 112 valence electrons. The van der Waals surface area contributed by atoms with Crippen molar-refractivity contribution in [3.05, 3.63) is 40.2 Å². The summed E-state index contributed by atoms with van der Waals surface area (Å²) in [6.45, 7) is 0. The fourth-order valence-electron chi connectivity index (χ4n) is 1.48. The van der Waals surface area contributed by atoms with E-state index < -0.39 is 23.5 Å². The van der Waals surface area contributed by atoms with Gasteiger partial charge in [-0.2, -0.15) is 13.2 Å². The topological polar surface area (TPSA) is 54.9 Å². The van der Waals surface area contributed by atoms with Gasteiger partial charge in [-0.05, 0) is 29.7 Å². The van der Waals surface area contributed by atoms with Crippen molar-refractivity contribution < 1.29 is 22.4 Å². The quantitative estimate of drug-likeness (QED) is 0.685. The number of amides is 1. The summed E-state index contributed by atoms with van der Waals surface area (Å²) < 4.78 is 54.4. The smallest absolute Gasteiger partial charge is 0.321 e. The molecule has 10 heteroatoms. The highest BCUT2D eigenvalue weighted by atomic mass is 35.5. The van der Waals surface area contributed by atoms with Gasteiger partial charge in [-0.15, -0.1) is 16.7 Å². The molecule has 0 aliphatic carbocycles. The van der Waals surface area contributed by atoms with Gasteiger partial charge in [-0.1, -0.05) is 4.49 Å². The lowest BCUT2D eigenvalue weighted by Gasteiger charge is -2.10. The third kappa shape index (κ3) is 3.48. The van der Waals surface area contributed by atoms with Crippen LogP contribution in [-0.2, 0) is 12.1 Å². The maximum atomic E-state index is 13.1. The van der Waals surface area contributed by atoms with Crippen LogP contribution >= 0.6 is 23.1 Å². The van der Waals surface area contributed by atoms with Crippen LogP contribution in [0.15, 0.2) is 18.2 Å². The fourth-order valence-corrected chi connectivity index (χ4v) is 2.32. The highest BCUT2D eigenvalue weighted by molar-refractivity contribution is 7.08. The van der Waals surface area contributed by atoms with E-state index in [-0.39, 0.29) is 22.1 Å². The number of aromatic nitrogens is 2. The van der Waals surface area contributed by atoms with Crippen molar-refractivity contribution in [2.45, 2.75) is 12.1 Å². The molecule has 0 atom stereocenters. The van der Waals surface area contributed by atoms with Crippen molar-refractivity contribution in [2.24, 2.45) is 0 Å². The van der Waals surface area contributed by atoms with E-state index in [1.165, 1.54) is 0 Å². The number of carbonyl (C=O) groups excluding carboxylic acids is 1. The molecular formula is C11H6ClF4N3OS. The molecule has 0 spiro atoms. The minimum absolute atomic E-state index is 0.0591. The van der Waals surface area contributed by atoms with E-state index in [9.17, 15) is 22.4 Å². The fraction of sp³-hybridized carbons (Fsp3) is 0.182. The Balaban J connectivity index is 2.26. The Bertz CT molecular complexity index is 674. The molecular weight excluding hydrogens is 334 g/mol. The van der Waals surface area contributed by atoms with Crippen LogP contribution in [-0.4, -0.2) is 15.5 Å². The van der Waals surface area contributed by atoms with Crippen LogP contribution in [0.2, 0.25) is 0 Å². The van der Waals surface area contributed by atoms with E-state index in [4.69, 9.17) is 11.6 Å². The molecule has 2 rings (SSSR count). The second kappa shape index (κ2) is 5.94. The first-order valence-corrected chi connectivity index (χ1v) is 6.69. The molecule has 0 aliphatic heterocycles. The Morgan fingerprint density at radius 1 is 1.38 bits per heavy atom. The Labute approximate surface area is 124 Å². The first kappa shape index (κ1) is 15.6. The third-order valence-corrected chi connectivity index (χ3v) is 3.44. The number of anilines is 1. The lowest BCUT2D eigenvalue weighted by molar-refractivity contribution is -0.139. The number of alkyl halides is 4. The number of halogens is 5. The summed E-state index contributed by atoms with van der Waals surface area (Å²) in [5.41, 5.74) is -1.43. The van der Waals surface area contributed by atoms with Gasteiger partial charge >= 0.3 is 6.18 Å². The monoisotopic (exact) mass is 339 g/mol. The van der Waals surface area contributed by atoms with Crippen LogP contribution in [0.4, 0.5) is 23.2 Å². The average molecular weight is 340 g/mol. The van der Waals surface area contributed by atoms with E-state index in [1.807, 2.05) is 0 Å². The maximum Gasteiger partial charge on any atom is 0.419 e. The molecule has 0 unspecified atom stereocenters. The molecule has 1 heterocycles. The molecule has 0 aliphatic rings. The predicted octanol–water partition coefficient (Wildman–Crippen LogP) is 3.69. The molecule has 0 bridgehead atoms. The van der Waals surface area contributed by atoms with Crippen molar-refractivity contribution >= 4 is 34.7 Å². The normalized spacial score (nSPS) is 11.5. The lowest BCUT2D eigenvalue weighted by Crippen LogP contribution is -2.14. The molecule has 0 saturated heterocycles. The molecule has 0 radical (unpaired) electrons. The number of carbonyl (C=O) groups is 1. The first-order valence-electron chi connectivity index (χ1n) is 5.38. The Hall–Kier alpha value is -1.74. The van der Waals surface area contributed by atoms with Gasteiger partial charge < -0.3 is 5.32 Å². The summed E-state index contributed by atoms with van der Waals surface area (Å²) in [7, 11) is 0. The standard InChI is InChI=1S/C11H6ClF4N3OS/c12-4-8-9(21-19-18-8)10(20)17-5-1-2-7(13)6(3-5)11(14,15)16/h1-3H,4H2,(H,17,20). The number of nitrogens with one attached hydrogen (secondary N) is 1. The predicted molar refractivity (Wildman–Crippen MR) is 68.8 cm³/mol. The molecule has 4 nitrogen and oxygen atoms in total. The van der Waals surface area contributed by atoms with Gasteiger partial charge in [0.15, 0.2) is 0 Å². The van der Waals surface area contributed by atoms with Crippen LogP contribution < -0.4 is 5.32 Å². The molecule has 0 fully saturated rings. The summed E-state index contributed by atoms with van der Waals surface area (Å²) in [5, 5.41) is 5.83. The zero-order valence-corrected chi connectivity index (χ0v) is 11.6. The zero-order chi connectivity index (χ0) is 15.6. The van der Waals surface area contributed by atoms with Crippen molar-refractivity contribution in [1.82, 2.24) is 9.59 Å². The van der Waals surface area contributed by atoms with Crippen molar-refractivity contribution in [3.8, 4) is 0 Å². The largest absolute Gasteiger partial charge is 0.419 e. The second-order valence-corrected chi connectivity index (χ2v) is 4.85. The number of benzene rings is 1. The van der Waals surface area contributed by atoms with E-state index in [1.54, 1.807) is 0 Å². The average Bonchev–Trinajstić information content (AvgIpc) is 2.88. The summed E-state index contributed by atoms with van der Waals surface area (Å²) >= 11 is 6.31. The van der Waals surface area contributed by atoms with Gasteiger partial charge in [0.1, 0.15) is 16.4 Å². The van der Waals surface area contributed by atoms with Crippen molar-refractivity contribution in [2.75, 3.05) is 5.32 Å². The summed E-state index contributed by atoms with van der Waals surface area (Å²) in [4.78, 5) is 12.0. The maximum absolute atomic E-state index is 13.1. The van der Waals surface area contributed by atoms with Gasteiger partial charge in [0.2, 0.25) is 0 Å². The number of nitrogens with zero attached hydrogens (tertiary/aromatic N) is 2. The van der Waals surface area contributed by atoms with Gasteiger partial charge in [-0.25, -0.2) is 4.39 Å². The Morgan fingerprint density at radius 3 is 2.71 bits per heavy atom. The molecule has 1 N–H and O–H groups in total. The van der Waals surface area contributed by atoms with Crippen molar-refractivity contribution in [1.29, 1.82) is 0 Å². The highest BCUT2D eigenvalue weighted by Gasteiger charge is 2.34. The third-order valence-electron chi connectivity index (χ3n) is 2.42. The minimum atomic E-state index is -4.85. The van der Waals surface area contributed by atoms with E-state index >= 15 is 0 Å². The van der Waals surface area contributed by atoms with Crippen LogP contribution in [0, 0.1) is 5.82 Å². The summed E-state index contributed by atoms with van der Waals surface area (Å²) in [6, 6.07) is 2.17. The highest BCUT2D eigenvalue weighted by Crippen LogP contribution is 2.33. The number of rotatable bonds is 3. The van der Waals surface area contributed by atoms with Gasteiger partial charge in [0.05, 0.1) is 11.4 Å². The van der Waals surface area contributed by atoms with Gasteiger partial charge in [0.25, 0.3) is 5.91 Å². The van der Waals surface area contributed by atoms with E-state index in [0.29, 0.717) is 12.1 Å². The van der Waals surface area contributed by atoms with Crippen molar-refractivity contribution in [3.63, 3.8) is 0 Å². The number of hydrogen-bond donors (Lipinski definition) is 1. The Kier molecular flexibility index (Phi) is 4.43. The van der Waals surface area contributed by atoms with Crippen LogP contribution in [0.1, 0.15) is 20.9 Å². The molecule has 1 aromatic heterocycles.